The number of ether oxygens (including phenoxy) is 1. The first-order chi connectivity index (χ1) is 9.08. The minimum Gasteiger partial charge on any atom is -0.457 e. The average molecular weight is 388 g/mol. The van der Waals surface area contributed by atoms with E-state index < -0.39 is 5.97 Å². The molecule has 0 bridgehead atoms. The predicted molar refractivity (Wildman–Crippen MR) is 84.1 cm³/mol. The number of carbonyl (C=O) groups is 1. The van der Waals surface area contributed by atoms with E-state index in [1.54, 1.807) is 18.2 Å². The molecule has 0 spiro atoms. The summed E-state index contributed by atoms with van der Waals surface area (Å²) in [5.41, 5.74) is 7.22. The van der Waals surface area contributed by atoms with E-state index in [4.69, 9.17) is 22.1 Å². The predicted octanol–water partition coefficient (Wildman–Crippen LogP) is 3.88. The van der Waals surface area contributed by atoms with Gasteiger partial charge in [0.1, 0.15) is 6.61 Å². The van der Waals surface area contributed by atoms with Crippen LogP contribution in [-0.4, -0.2) is 5.97 Å². The molecule has 0 aliphatic rings. The number of nitrogens with two attached hydrogens (primary N) is 1. The van der Waals surface area contributed by atoms with Crippen molar-refractivity contribution in [3.63, 3.8) is 0 Å². The number of carbonyl (C=O) groups excluding carboxylic acids is 1. The topological polar surface area (TPSA) is 52.3 Å². The molecular formula is C14H11ClINO2. The summed E-state index contributed by atoms with van der Waals surface area (Å²) in [6.07, 6.45) is 0. The molecule has 19 heavy (non-hydrogen) atoms. The van der Waals surface area contributed by atoms with Gasteiger partial charge in [-0.15, -0.1) is 0 Å². The Morgan fingerprint density at radius 1 is 1.21 bits per heavy atom. The van der Waals surface area contributed by atoms with Crippen molar-refractivity contribution in [1.82, 2.24) is 0 Å². The summed E-state index contributed by atoms with van der Waals surface area (Å²) in [7, 11) is 0. The van der Waals surface area contributed by atoms with Crippen molar-refractivity contribution < 1.29 is 9.53 Å². The van der Waals surface area contributed by atoms with Gasteiger partial charge in [0, 0.05) is 3.57 Å². The Hall–Kier alpha value is -1.27. The zero-order chi connectivity index (χ0) is 13.8. The van der Waals surface area contributed by atoms with E-state index in [0.29, 0.717) is 5.69 Å². The monoisotopic (exact) mass is 387 g/mol. The highest BCUT2D eigenvalue weighted by molar-refractivity contribution is 14.1. The Bertz CT molecular complexity index is 599. The number of esters is 1. The van der Waals surface area contributed by atoms with Crippen LogP contribution in [0, 0.1) is 3.57 Å². The molecule has 5 heteroatoms. The molecule has 0 saturated carbocycles. The molecule has 2 aromatic rings. The smallest absolute Gasteiger partial charge is 0.340 e. The van der Waals surface area contributed by atoms with Crippen molar-refractivity contribution in [2.75, 3.05) is 5.73 Å². The molecule has 3 nitrogen and oxygen atoms in total. The van der Waals surface area contributed by atoms with Gasteiger partial charge >= 0.3 is 5.97 Å². The van der Waals surface area contributed by atoms with Crippen LogP contribution in [0.4, 0.5) is 5.69 Å². The summed E-state index contributed by atoms with van der Waals surface area (Å²) in [5, 5.41) is 0.232. The molecule has 0 aliphatic heterocycles. The second-order valence-electron chi connectivity index (χ2n) is 3.91. The quantitative estimate of drug-likeness (QED) is 0.494. The van der Waals surface area contributed by atoms with Crippen LogP contribution in [0.25, 0.3) is 0 Å². The van der Waals surface area contributed by atoms with E-state index in [0.717, 1.165) is 9.13 Å². The van der Waals surface area contributed by atoms with Crippen molar-refractivity contribution in [2.24, 2.45) is 0 Å². The number of anilines is 1. The first-order valence-corrected chi connectivity index (χ1v) is 6.99. The van der Waals surface area contributed by atoms with Crippen LogP contribution in [-0.2, 0) is 11.3 Å². The highest BCUT2D eigenvalue weighted by atomic mass is 127. The van der Waals surface area contributed by atoms with E-state index in [1.807, 2.05) is 24.3 Å². The third kappa shape index (κ3) is 3.61. The summed E-state index contributed by atoms with van der Waals surface area (Å²) in [6.45, 7) is 0.209. The van der Waals surface area contributed by atoms with Crippen LogP contribution in [0.1, 0.15) is 15.9 Å². The molecule has 0 heterocycles. The maximum atomic E-state index is 11.9. The third-order valence-electron chi connectivity index (χ3n) is 2.53. The molecule has 0 unspecified atom stereocenters. The Kier molecular flexibility index (Phi) is 4.66. The molecular weight excluding hydrogens is 377 g/mol. The molecule has 98 valence electrons. The van der Waals surface area contributed by atoms with Crippen molar-refractivity contribution >= 4 is 45.8 Å². The van der Waals surface area contributed by atoms with Gasteiger partial charge in [0.25, 0.3) is 0 Å². The summed E-state index contributed by atoms with van der Waals surface area (Å²) >= 11 is 8.18. The fourth-order valence-corrected chi connectivity index (χ4v) is 2.08. The molecule has 0 saturated heterocycles. The molecule has 0 atom stereocenters. The van der Waals surface area contributed by atoms with Gasteiger partial charge in [-0.25, -0.2) is 4.79 Å². The number of nitrogen functional groups attached to an aromatic ring is 1. The van der Waals surface area contributed by atoms with Gasteiger partial charge in [-0.05, 0) is 52.4 Å². The Morgan fingerprint density at radius 2 is 1.89 bits per heavy atom. The van der Waals surface area contributed by atoms with Gasteiger partial charge in [0.2, 0.25) is 0 Å². The van der Waals surface area contributed by atoms with E-state index in [1.165, 1.54) is 0 Å². The standard InChI is InChI=1S/C14H11ClINO2/c15-13-11(2-1-3-12(13)17)14(18)19-8-9-4-6-10(16)7-5-9/h1-7H,8,17H2. The van der Waals surface area contributed by atoms with Gasteiger partial charge in [-0.3, -0.25) is 0 Å². The van der Waals surface area contributed by atoms with Gasteiger partial charge in [0.15, 0.2) is 0 Å². The van der Waals surface area contributed by atoms with Crippen LogP contribution in [0.3, 0.4) is 0 Å². The van der Waals surface area contributed by atoms with Gasteiger partial charge in [0.05, 0.1) is 16.3 Å². The lowest BCUT2D eigenvalue weighted by Gasteiger charge is -2.07. The Morgan fingerprint density at radius 3 is 2.58 bits per heavy atom. The number of hydrogen-bond donors (Lipinski definition) is 1. The van der Waals surface area contributed by atoms with Crippen LogP contribution in [0.15, 0.2) is 42.5 Å². The van der Waals surface area contributed by atoms with Gasteiger partial charge < -0.3 is 10.5 Å². The second kappa shape index (κ2) is 6.25. The second-order valence-corrected chi connectivity index (χ2v) is 5.53. The summed E-state index contributed by atoms with van der Waals surface area (Å²) in [5.74, 6) is -0.476. The number of rotatable bonds is 3. The lowest BCUT2D eigenvalue weighted by molar-refractivity contribution is 0.0473. The first-order valence-electron chi connectivity index (χ1n) is 5.53. The summed E-state index contributed by atoms with van der Waals surface area (Å²) < 4.78 is 6.34. The zero-order valence-corrected chi connectivity index (χ0v) is 12.8. The third-order valence-corrected chi connectivity index (χ3v) is 3.67. The van der Waals surface area contributed by atoms with E-state index in [2.05, 4.69) is 22.6 Å². The zero-order valence-electron chi connectivity index (χ0n) is 9.90. The number of hydrogen-bond acceptors (Lipinski definition) is 3. The van der Waals surface area contributed by atoms with Crippen molar-refractivity contribution in [1.29, 1.82) is 0 Å². The minimum absolute atomic E-state index is 0.209. The molecule has 2 rings (SSSR count). The van der Waals surface area contributed by atoms with E-state index in [9.17, 15) is 4.79 Å². The largest absolute Gasteiger partial charge is 0.457 e. The van der Waals surface area contributed by atoms with E-state index >= 15 is 0 Å². The number of halogens is 2. The summed E-state index contributed by atoms with van der Waals surface area (Å²) in [4.78, 5) is 11.9. The Labute approximate surface area is 129 Å². The molecule has 2 N–H and O–H groups in total. The molecule has 0 amide bonds. The highest BCUT2D eigenvalue weighted by Gasteiger charge is 2.13. The van der Waals surface area contributed by atoms with Crippen molar-refractivity contribution in [2.45, 2.75) is 6.61 Å². The first kappa shape index (κ1) is 14.1. The normalized spacial score (nSPS) is 10.2. The molecule has 0 radical (unpaired) electrons. The summed E-state index contributed by atoms with van der Waals surface area (Å²) in [6, 6.07) is 12.6. The SMILES string of the molecule is Nc1cccc(C(=O)OCc2ccc(I)cc2)c1Cl. The van der Waals surface area contributed by atoms with Crippen LogP contribution < -0.4 is 5.73 Å². The minimum atomic E-state index is -0.476. The van der Waals surface area contributed by atoms with Crippen LogP contribution in [0.2, 0.25) is 5.02 Å². The van der Waals surface area contributed by atoms with Gasteiger partial charge in [-0.2, -0.15) is 0 Å². The molecule has 0 aliphatic carbocycles. The lowest BCUT2D eigenvalue weighted by Crippen LogP contribution is -2.07. The van der Waals surface area contributed by atoms with E-state index in [-0.39, 0.29) is 17.2 Å². The molecule has 0 fully saturated rings. The average Bonchev–Trinajstić information content (AvgIpc) is 2.41. The van der Waals surface area contributed by atoms with Gasteiger partial charge in [-0.1, -0.05) is 29.8 Å². The fourth-order valence-electron chi connectivity index (χ4n) is 1.51. The van der Waals surface area contributed by atoms with Crippen molar-refractivity contribution in [3.05, 3.63) is 62.2 Å². The van der Waals surface area contributed by atoms with Crippen LogP contribution in [0.5, 0.6) is 0 Å². The van der Waals surface area contributed by atoms with Crippen LogP contribution >= 0.6 is 34.2 Å². The number of benzene rings is 2. The molecule has 2 aromatic carbocycles. The molecule has 0 aromatic heterocycles. The fraction of sp³-hybridized carbons (Fsp3) is 0.0714. The highest BCUT2D eigenvalue weighted by Crippen LogP contribution is 2.24. The maximum Gasteiger partial charge on any atom is 0.340 e. The maximum absolute atomic E-state index is 11.9. The Balaban J connectivity index is 2.05. The lowest BCUT2D eigenvalue weighted by atomic mass is 10.2. The van der Waals surface area contributed by atoms with Crippen molar-refractivity contribution in [3.8, 4) is 0 Å².